The summed E-state index contributed by atoms with van der Waals surface area (Å²) in [5.74, 6) is 3.44. The number of aliphatic hydroxyl groups excluding tert-OH is 2. The van der Waals surface area contributed by atoms with Crippen molar-refractivity contribution in [1.82, 2.24) is 89.6 Å². The summed E-state index contributed by atoms with van der Waals surface area (Å²) in [7, 11) is 14.8. The van der Waals surface area contributed by atoms with Gasteiger partial charge in [-0.3, -0.25) is 39.1 Å². The fraction of sp³-hybridized carbons (Fsp3) is 0.260. The number of rotatable bonds is 34. The predicted octanol–water partition coefficient (Wildman–Crippen LogP) is 16.1. The van der Waals surface area contributed by atoms with Gasteiger partial charge >= 0.3 is 0 Å². The van der Waals surface area contributed by atoms with Crippen LogP contribution in [0.15, 0.2) is 250 Å². The van der Waals surface area contributed by atoms with Gasteiger partial charge in [0, 0.05) is 232 Å². The summed E-state index contributed by atoms with van der Waals surface area (Å²) >= 11 is 0. The molecule has 0 bridgehead atoms. The Hall–Kier alpha value is -15.3. The van der Waals surface area contributed by atoms with Gasteiger partial charge in [0.2, 0.25) is 0 Å². The third kappa shape index (κ3) is 24.2. The molecule has 133 heavy (non-hydrogen) atoms. The number of nitrogens with one attached hydrogen (secondary N) is 2. The summed E-state index contributed by atoms with van der Waals surface area (Å²) in [5, 5.41) is 44.1. The van der Waals surface area contributed by atoms with E-state index in [2.05, 4.69) is 118 Å². The van der Waals surface area contributed by atoms with Crippen molar-refractivity contribution in [3.8, 4) is 85.3 Å². The van der Waals surface area contributed by atoms with Gasteiger partial charge in [0.25, 0.3) is 0 Å². The summed E-state index contributed by atoms with van der Waals surface area (Å²) in [4.78, 5) is 47.9. The third-order valence-corrected chi connectivity index (χ3v) is 21.7. The van der Waals surface area contributed by atoms with E-state index >= 15 is 0 Å². The lowest BCUT2D eigenvalue weighted by Gasteiger charge is -2.29. The number of hydrogen-bond donors (Lipinski definition) is 5. The Morgan fingerprint density at radius 2 is 0.789 bits per heavy atom. The SMILES string of the molecule is CCC(O)CN(c1cc(OC)cc(OC)c1)c1ccc2ncc(-c3cnn(C)c3)nc2c1.COc1cc(OC)cc(N(CCN(C)Cc2ccccc2)c2ccc3ncc(-c4cn[nH]c4)nc3c2)c1.COc1cc(OC)cc(N(C[C@@H](O)CNC(C)C)c2ccc3ncc(-c4cnn(C)c4)nc3c2)c1.[2H]C([2H])([2H])Oc1cc(F)cc(N(CCN)c2ccc3ncc(-c4cnn(C)c4)nc3c2)c1. The van der Waals surface area contributed by atoms with Crippen LogP contribution in [-0.2, 0) is 27.7 Å². The van der Waals surface area contributed by atoms with Gasteiger partial charge in [-0.15, -0.1) is 0 Å². The number of halogens is 1. The zero-order valence-corrected chi connectivity index (χ0v) is 76.4. The number of aromatic amines is 1. The number of anilines is 8. The number of ether oxygens (including phenoxy) is 7. The number of aliphatic hydroxyl groups is 2. The number of benzene rings is 9. The van der Waals surface area contributed by atoms with Crippen LogP contribution >= 0.6 is 0 Å². The van der Waals surface area contributed by atoms with Crippen molar-refractivity contribution in [3.05, 3.63) is 262 Å². The van der Waals surface area contributed by atoms with E-state index < -0.39 is 25.1 Å². The van der Waals surface area contributed by atoms with Gasteiger partial charge in [-0.2, -0.15) is 20.4 Å². The number of fused-ring (bicyclic) bond motifs is 4. The van der Waals surface area contributed by atoms with E-state index in [0.29, 0.717) is 83.7 Å². The van der Waals surface area contributed by atoms with E-state index in [-0.39, 0.29) is 18.3 Å². The minimum atomic E-state index is -2.69. The normalized spacial score (nSPS) is 12.0. The number of aromatic nitrogens is 16. The van der Waals surface area contributed by atoms with Crippen LogP contribution in [0.25, 0.3) is 89.2 Å². The third-order valence-electron chi connectivity index (χ3n) is 21.7. The zero-order chi connectivity index (χ0) is 96.1. The smallest absolute Gasteiger partial charge is 0.128 e. The lowest BCUT2D eigenvalue weighted by Crippen LogP contribution is -2.38. The molecule has 6 N–H and O–H groups in total. The Morgan fingerprint density at radius 1 is 0.421 bits per heavy atom. The average molecular weight is 1800 g/mol. The molecule has 0 amide bonds. The van der Waals surface area contributed by atoms with Gasteiger partial charge in [-0.05, 0) is 97.9 Å². The van der Waals surface area contributed by atoms with E-state index in [1.165, 1.54) is 17.7 Å². The van der Waals surface area contributed by atoms with Gasteiger partial charge in [-0.1, -0.05) is 51.1 Å². The summed E-state index contributed by atoms with van der Waals surface area (Å²) in [5.41, 5.74) is 26.2. The van der Waals surface area contributed by atoms with Gasteiger partial charge < -0.3 is 78.9 Å². The van der Waals surface area contributed by atoms with Crippen molar-refractivity contribution in [2.45, 2.75) is 52.0 Å². The van der Waals surface area contributed by atoms with Crippen LogP contribution in [0.2, 0.25) is 0 Å². The molecule has 0 saturated heterocycles. The molecule has 0 aliphatic carbocycles. The maximum absolute atomic E-state index is 14.3. The maximum atomic E-state index is 14.3. The van der Waals surface area contributed by atoms with Gasteiger partial charge in [0.15, 0.2) is 0 Å². The molecule has 2 atom stereocenters. The summed E-state index contributed by atoms with van der Waals surface area (Å²) in [6.07, 6.45) is 21.0. The molecule has 8 aromatic heterocycles. The standard InChI is InChI=1S/C29H30N6O2.C26H32N6O3.C24H27N5O3.C21H21FN6O/c1-34(20-21-7-5-4-6-8-21)11-12-35(24-13-25(36-2)16-26(14-24)37-3)23-9-10-27-28(15-23)33-29(19-30-27)22-17-31-32-18-22;1-17(2)27-13-21(33)16-32(20-8-22(34-4)11-23(9-20)35-5)19-6-7-24-25(10-19)30-26(14-28-24)18-12-29-31(3)15-18;1-5-19(30)15-29(18-8-20(31-3)11-21(9-18)32-4)17-6-7-22-23(10-17)27-24(13-25-22)16-12-26-28(2)14-16;1-27-13-14(11-25-27)21-12-24-19-4-3-16(10-20(19)26-21)28(6-5-23)17-7-15(22)8-18(9-17)29-2/h4-10,13-19H,11-12,20H2,1-3H3,(H,31,32);6-12,14-15,17,21,27,33H,13,16H2,1-5H3;6-14,19,30H,5,15H2,1-4H3;3-4,7-13H,5-6,23H2,1-2H3/t;21-;;/m.0../s1/i;;;2D3. The molecule has 0 spiro atoms. The molecule has 32 nitrogen and oxygen atoms in total. The van der Waals surface area contributed by atoms with Crippen molar-refractivity contribution in [3.63, 3.8) is 0 Å². The van der Waals surface area contributed by atoms with Crippen molar-refractivity contribution in [1.29, 1.82) is 0 Å². The van der Waals surface area contributed by atoms with Gasteiger partial charge in [-0.25, -0.2) is 24.3 Å². The van der Waals surface area contributed by atoms with Crippen molar-refractivity contribution in [2.75, 3.05) is 122 Å². The summed E-state index contributed by atoms with van der Waals surface area (Å²) in [6.45, 7) is 10.4. The average Bonchev–Trinajstić information content (AvgIpc) is 1.08. The quantitative estimate of drug-likeness (QED) is 0.0250. The first-order valence-electron chi connectivity index (χ1n) is 44.6. The Balaban J connectivity index is 0.000000145. The number of nitrogens with two attached hydrogens (primary N) is 1. The van der Waals surface area contributed by atoms with E-state index in [1.807, 2.05) is 184 Å². The molecule has 0 aliphatic heterocycles. The number of aryl methyl sites for hydroxylation is 3. The molecule has 686 valence electrons. The highest BCUT2D eigenvalue weighted by Crippen LogP contribution is 2.40. The molecule has 17 aromatic rings. The minimum Gasteiger partial charge on any atom is -0.497 e. The molecule has 33 heteroatoms. The Kier molecular flexibility index (Phi) is 29.9. The topological polar surface area (TPSA) is 345 Å². The van der Waals surface area contributed by atoms with Crippen molar-refractivity contribution < 1.29 is 51.9 Å². The van der Waals surface area contributed by atoms with Crippen LogP contribution in [0.5, 0.6) is 40.2 Å². The second kappa shape index (κ2) is 44.3. The maximum Gasteiger partial charge on any atom is 0.128 e. The first kappa shape index (κ1) is 89.7. The van der Waals surface area contributed by atoms with Crippen LogP contribution in [0, 0.1) is 5.82 Å². The molecule has 0 radical (unpaired) electrons. The van der Waals surface area contributed by atoms with Crippen LogP contribution < -0.4 is 63.8 Å². The largest absolute Gasteiger partial charge is 0.497 e. The molecule has 1 unspecified atom stereocenters. The number of methoxy groups -OCH3 is 7. The lowest BCUT2D eigenvalue weighted by atomic mass is 10.1. The molecular formula is C100H110FN23O9. The fourth-order valence-corrected chi connectivity index (χ4v) is 14.8. The monoisotopic (exact) mass is 1800 g/mol. The molecule has 0 saturated carbocycles. The summed E-state index contributed by atoms with van der Waals surface area (Å²) in [6, 6.07) is 55.3. The molecule has 0 aliphatic rings. The highest BCUT2D eigenvalue weighted by atomic mass is 19.1. The second-order valence-electron chi connectivity index (χ2n) is 31.7. The van der Waals surface area contributed by atoms with E-state index in [4.69, 9.17) is 62.9 Å². The highest BCUT2D eigenvalue weighted by Gasteiger charge is 2.24. The minimum absolute atomic E-state index is 0.0959. The first-order chi connectivity index (χ1) is 65.7. The van der Waals surface area contributed by atoms with Crippen LogP contribution in [0.4, 0.5) is 49.9 Å². The number of hydrogen-bond acceptors (Lipinski definition) is 28. The van der Waals surface area contributed by atoms with E-state index in [1.54, 1.807) is 111 Å². The number of likely N-dealkylation sites (N-methyl/N-ethyl adjacent to an activating group) is 1. The van der Waals surface area contributed by atoms with Crippen LogP contribution in [-0.4, -0.2) is 215 Å². The van der Waals surface area contributed by atoms with E-state index in [9.17, 15) is 14.6 Å². The van der Waals surface area contributed by atoms with Crippen molar-refractivity contribution in [2.24, 2.45) is 26.9 Å². The Bertz CT molecular complexity index is 6790. The summed E-state index contributed by atoms with van der Waals surface area (Å²) < 4.78 is 79.2. The van der Waals surface area contributed by atoms with Gasteiger partial charge in [0.1, 0.15) is 46.1 Å². The molecule has 8 heterocycles. The zero-order valence-electron chi connectivity index (χ0n) is 79.4. The lowest BCUT2D eigenvalue weighted by molar-refractivity contribution is 0.176. The number of H-pyrrole nitrogens is 1. The predicted molar refractivity (Wildman–Crippen MR) is 519 cm³/mol. The van der Waals surface area contributed by atoms with Crippen LogP contribution in [0.1, 0.15) is 36.9 Å². The Morgan fingerprint density at radius 3 is 1.14 bits per heavy atom. The Labute approximate surface area is 775 Å². The van der Waals surface area contributed by atoms with Crippen LogP contribution in [0.3, 0.4) is 0 Å². The van der Waals surface area contributed by atoms with Gasteiger partial charge in [0.05, 0.1) is 189 Å². The molecule has 17 rings (SSSR count). The second-order valence-corrected chi connectivity index (χ2v) is 31.7. The molecule has 9 aromatic carbocycles. The fourth-order valence-electron chi connectivity index (χ4n) is 14.8. The molecule has 0 fully saturated rings. The van der Waals surface area contributed by atoms with Crippen molar-refractivity contribution >= 4 is 89.6 Å². The molecular weight excluding hydrogens is 1690 g/mol. The first-order valence-corrected chi connectivity index (χ1v) is 43.1. The highest BCUT2D eigenvalue weighted by molar-refractivity contribution is 5.87. The van der Waals surface area contributed by atoms with E-state index in [0.717, 1.165) is 144 Å². The number of nitrogens with zero attached hydrogens (tertiary/aromatic N) is 20.